The van der Waals surface area contributed by atoms with E-state index in [9.17, 15) is 14.4 Å². The van der Waals surface area contributed by atoms with Crippen LogP contribution in [0.5, 0.6) is 0 Å². The van der Waals surface area contributed by atoms with Crippen molar-refractivity contribution >= 4 is 56.8 Å². The van der Waals surface area contributed by atoms with Crippen molar-refractivity contribution in [1.82, 2.24) is 9.88 Å². The molecule has 2 heterocycles. The van der Waals surface area contributed by atoms with Crippen molar-refractivity contribution in [3.63, 3.8) is 0 Å². The van der Waals surface area contributed by atoms with Crippen molar-refractivity contribution < 1.29 is 24.2 Å². The second-order valence-corrected chi connectivity index (χ2v) is 9.00. The summed E-state index contributed by atoms with van der Waals surface area (Å²) in [5, 5.41) is 11.7. The molecule has 0 bridgehead atoms. The summed E-state index contributed by atoms with van der Waals surface area (Å²) in [7, 11) is 0. The van der Waals surface area contributed by atoms with Crippen molar-refractivity contribution in [3.8, 4) is 0 Å². The van der Waals surface area contributed by atoms with Crippen LogP contribution in [0.3, 0.4) is 0 Å². The fourth-order valence-electron chi connectivity index (χ4n) is 3.17. The number of hydrogen-bond acceptors (Lipinski definition) is 7. The number of carboxylic acid groups (broad SMARTS) is 1. The molecule has 4 rings (SSSR count). The number of carbonyl (C=O) groups excluding carboxylic acids is 2. The van der Waals surface area contributed by atoms with E-state index in [2.05, 4.69) is 10.3 Å². The lowest BCUT2D eigenvalue weighted by Gasteiger charge is -2.27. The summed E-state index contributed by atoms with van der Waals surface area (Å²) >= 11 is 2.53. The summed E-state index contributed by atoms with van der Waals surface area (Å²) in [5.74, 6) is -1.52. The number of carbonyl (C=O) groups is 3. The van der Waals surface area contributed by atoms with Gasteiger partial charge in [0.05, 0.1) is 40.3 Å². The Kier molecular flexibility index (Phi) is 6.50. The van der Waals surface area contributed by atoms with Crippen LogP contribution in [-0.2, 0) is 9.53 Å². The van der Waals surface area contributed by atoms with Crippen molar-refractivity contribution in [3.05, 3.63) is 53.6 Å². The Morgan fingerprint density at radius 2 is 1.87 bits per heavy atom. The zero-order valence-electron chi connectivity index (χ0n) is 16.4. The number of carboxylic acids is 1. The lowest BCUT2D eigenvalue weighted by Crippen LogP contribution is -2.41. The van der Waals surface area contributed by atoms with E-state index in [1.165, 1.54) is 11.3 Å². The Morgan fingerprint density at radius 1 is 1.13 bits per heavy atom. The first kappa shape index (κ1) is 21.3. The molecule has 1 aromatic heterocycles. The van der Waals surface area contributed by atoms with Crippen LogP contribution < -0.4 is 5.32 Å². The molecular weight excluding hydrogens is 438 g/mol. The summed E-state index contributed by atoms with van der Waals surface area (Å²) in [4.78, 5) is 42.7. The van der Waals surface area contributed by atoms with Gasteiger partial charge in [-0.1, -0.05) is 23.9 Å². The number of benzene rings is 2. The van der Waals surface area contributed by atoms with E-state index in [1.54, 1.807) is 47.4 Å². The number of rotatable bonds is 6. The molecule has 0 radical (unpaired) electrons. The van der Waals surface area contributed by atoms with E-state index < -0.39 is 5.97 Å². The van der Waals surface area contributed by atoms with E-state index in [1.807, 2.05) is 0 Å². The van der Waals surface area contributed by atoms with Gasteiger partial charge in [-0.05, 0) is 30.3 Å². The smallest absolute Gasteiger partial charge is 0.313 e. The number of thioether (sulfide) groups is 1. The molecule has 2 aromatic carbocycles. The summed E-state index contributed by atoms with van der Waals surface area (Å²) in [6.45, 7) is 1.97. The molecule has 0 aliphatic carbocycles. The number of ether oxygens (including phenoxy) is 1. The van der Waals surface area contributed by atoms with Gasteiger partial charge in [0.2, 0.25) is 0 Å². The predicted molar refractivity (Wildman–Crippen MR) is 119 cm³/mol. The Hall–Kier alpha value is -2.95. The van der Waals surface area contributed by atoms with Gasteiger partial charge in [-0.15, -0.1) is 11.3 Å². The Bertz CT molecular complexity index is 1140. The maximum atomic E-state index is 13.0. The van der Waals surface area contributed by atoms with E-state index in [0.29, 0.717) is 47.5 Å². The topological polar surface area (TPSA) is 109 Å². The highest BCUT2D eigenvalue weighted by Gasteiger charge is 2.23. The van der Waals surface area contributed by atoms with Gasteiger partial charge in [0.1, 0.15) is 0 Å². The molecular formula is C21H19N3O5S2. The van der Waals surface area contributed by atoms with E-state index in [0.717, 1.165) is 22.0 Å². The summed E-state index contributed by atoms with van der Waals surface area (Å²) in [5.41, 5.74) is 1.97. The highest BCUT2D eigenvalue weighted by molar-refractivity contribution is 8.01. The van der Waals surface area contributed by atoms with Crippen LogP contribution in [0.4, 0.5) is 5.69 Å². The van der Waals surface area contributed by atoms with Gasteiger partial charge in [0, 0.05) is 18.8 Å². The van der Waals surface area contributed by atoms with Crippen molar-refractivity contribution in [1.29, 1.82) is 0 Å². The van der Waals surface area contributed by atoms with Crippen molar-refractivity contribution in [2.75, 3.05) is 37.4 Å². The molecule has 2 N–H and O–H groups in total. The quantitative estimate of drug-likeness (QED) is 0.547. The van der Waals surface area contributed by atoms with Gasteiger partial charge in [0.25, 0.3) is 11.8 Å². The minimum atomic E-state index is -0.900. The molecule has 160 valence electrons. The number of aromatic nitrogens is 1. The second-order valence-electron chi connectivity index (χ2n) is 6.75. The normalized spacial score (nSPS) is 13.9. The van der Waals surface area contributed by atoms with Crippen LogP contribution in [0.15, 0.2) is 46.8 Å². The standard InChI is InChI=1S/C21H19N3O5S2/c25-18(26)12-30-21-23-16-6-5-13(11-17(16)31-21)22-19(27)14-3-1-2-4-15(14)20(28)24-7-9-29-10-8-24/h1-6,11H,7-10,12H2,(H,22,27)(H,25,26). The van der Waals surface area contributed by atoms with Gasteiger partial charge in [-0.2, -0.15) is 0 Å². The predicted octanol–water partition coefficient (Wildman–Crippen LogP) is 3.20. The average Bonchev–Trinajstić information content (AvgIpc) is 3.20. The van der Waals surface area contributed by atoms with Gasteiger partial charge >= 0.3 is 5.97 Å². The molecule has 31 heavy (non-hydrogen) atoms. The van der Waals surface area contributed by atoms with Crippen LogP contribution in [-0.4, -0.2) is 64.8 Å². The third-order valence-corrected chi connectivity index (χ3v) is 6.79. The number of thiazole rings is 1. The first-order valence-electron chi connectivity index (χ1n) is 9.54. The van der Waals surface area contributed by atoms with E-state index in [4.69, 9.17) is 9.84 Å². The van der Waals surface area contributed by atoms with Gasteiger partial charge < -0.3 is 20.1 Å². The number of aliphatic carboxylic acids is 1. The zero-order chi connectivity index (χ0) is 21.8. The average molecular weight is 458 g/mol. The Labute approximate surface area is 186 Å². The van der Waals surface area contributed by atoms with Gasteiger partial charge in [0.15, 0.2) is 4.34 Å². The van der Waals surface area contributed by atoms with E-state index >= 15 is 0 Å². The van der Waals surface area contributed by atoms with Crippen LogP contribution in [0.25, 0.3) is 10.2 Å². The molecule has 1 aliphatic heterocycles. The maximum absolute atomic E-state index is 13.0. The van der Waals surface area contributed by atoms with E-state index in [-0.39, 0.29) is 17.6 Å². The van der Waals surface area contributed by atoms with Gasteiger partial charge in [-0.3, -0.25) is 14.4 Å². The molecule has 1 fully saturated rings. The summed E-state index contributed by atoms with van der Waals surface area (Å²) in [6.07, 6.45) is 0. The third-order valence-electron chi connectivity index (χ3n) is 4.65. The molecule has 0 unspecified atom stereocenters. The summed E-state index contributed by atoms with van der Waals surface area (Å²) in [6, 6.07) is 12.1. The molecule has 1 saturated heterocycles. The highest BCUT2D eigenvalue weighted by atomic mass is 32.2. The largest absolute Gasteiger partial charge is 0.481 e. The second kappa shape index (κ2) is 9.46. The monoisotopic (exact) mass is 457 g/mol. The van der Waals surface area contributed by atoms with Gasteiger partial charge in [-0.25, -0.2) is 4.98 Å². The van der Waals surface area contributed by atoms with Crippen LogP contribution in [0.2, 0.25) is 0 Å². The Balaban J connectivity index is 1.52. The molecule has 0 atom stereocenters. The van der Waals surface area contributed by atoms with Crippen molar-refractivity contribution in [2.45, 2.75) is 4.34 Å². The number of fused-ring (bicyclic) bond motifs is 1. The van der Waals surface area contributed by atoms with Crippen molar-refractivity contribution in [2.24, 2.45) is 0 Å². The highest BCUT2D eigenvalue weighted by Crippen LogP contribution is 2.31. The summed E-state index contributed by atoms with van der Waals surface area (Å²) < 4.78 is 6.79. The Morgan fingerprint density at radius 3 is 2.61 bits per heavy atom. The number of hydrogen-bond donors (Lipinski definition) is 2. The third kappa shape index (κ3) is 5.04. The first-order valence-corrected chi connectivity index (χ1v) is 11.3. The fourth-order valence-corrected chi connectivity index (χ4v) is 5.00. The number of morpholine rings is 1. The maximum Gasteiger partial charge on any atom is 0.313 e. The zero-order valence-corrected chi connectivity index (χ0v) is 18.0. The molecule has 8 nitrogen and oxygen atoms in total. The van der Waals surface area contributed by atoms with Crippen LogP contribution in [0.1, 0.15) is 20.7 Å². The lowest BCUT2D eigenvalue weighted by molar-refractivity contribution is -0.133. The molecule has 1 aliphatic rings. The molecule has 0 spiro atoms. The number of amides is 2. The molecule has 2 amide bonds. The molecule has 0 saturated carbocycles. The SMILES string of the molecule is O=C(O)CSc1nc2ccc(NC(=O)c3ccccc3C(=O)N3CCOCC3)cc2s1. The minimum Gasteiger partial charge on any atom is -0.481 e. The molecule has 3 aromatic rings. The fraction of sp³-hybridized carbons (Fsp3) is 0.238. The number of nitrogens with zero attached hydrogens (tertiary/aromatic N) is 2. The lowest BCUT2D eigenvalue weighted by atomic mass is 10.0. The van der Waals surface area contributed by atoms with Crippen LogP contribution >= 0.6 is 23.1 Å². The first-order chi connectivity index (χ1) is 15.0. The van der Waals surface area contributed by atoms with Crippen LogP contribution in [0, 0.1) is 0 Å². The minimum absolute atomic E-state index is 0.0582. The number of anilines is 1. The molecule has 10 heteroatoms. The number of nitrogens with one attached hydrogen (secondary N) is 1.